The predicted molar refractivity (Wildman–Crippen MR) is 123 cm³/mol. The summed E-state index contributed by atoms with van der Waals surface area (Å²) in [5.41, 5.74) is 0.839. The van der Waals surface area contributed by atoms with Gasteiger partial charge < -0.3 is 19.9 Å². The molecular weight excluding hydrogens is 451 g/mol. The smallest absolute Gasteiger partial charge is 0.255 e. The third-order valence-corrected chi connectivity index (χ3v) is 5.65. The largest absolute Gasteiger partial charge is 0.497 e. The van der Waals surface area contributed by atoms with E-state index in [0.717, 1.165) is 6.07 Å². The topological polar surface area (TPSA) is 82.2 Å². The molecule has 0 bridgehead atoms. The minimum absolute atomic E-state index is 0.0754. The average molecular weight is 477 g/mol. The first-order valence-electron chi connectivity index (χ1n) is 10.4. The van der Waals surface area contributed by atoms with Gasteiger partial charge in [-0.3, -0.25) is 19.3 Å². The highest BCUT2D eigenvalue weighted by molar-refractivity contribution is 6.33. The van der Waals surface area contributed by atoms with E-state index in [0.29, 0.717) is 37.6 Å². The number of nitrogens with one attached hydrogen (secondary N) is 1. The van der Waals surface area contributed by atoms with Gasteiger partial charge in [0.05, 0.1) is 30.8 Å². The molecule has 1 fully saturated rings. The van der Waals surface area contributed by atoms with E-state index >= 15 is 0 Å². The number of methoxy groups -OCH3 is 1. The maximum absolute atomic E-state index is 13.2. The van der Waals surface area contributed by atoms with Crippen LogP contribution < -0.4 is 10.1 Å². The van der Waals surface area contributed by atoms with Crippen molar-refractivity contribution in [3.05, 3.63) is 58.9 Å². The van der Waals surface area contributed by atoms with E-state index in [-0.39, 0.29) is 41.4 Å². The number of benzene rings is 2. The number of hydrogen-bond donors (Lipinski definition) is 1. The summed E-state index contributed by atoms with van der Waals surface area (Å²) in [6.07, 6.45) is 0. The molecule has 33 heavy (non-hydrogen) atoms. The van der Waals surface area contributed by atoms with Gasteiger partial charge in [-0.15, -0.1) is 0 Å². The Hall–Kier alpha value is -3.17. The standard InChI is InChI=1S/C23H26ClFN4O4/c1-27(14-21(30)26-17-4-3-5-18(13-17)33-2)22(31)15-28-8-10-29(11-9-28)23(32)19-7-6-16(25)12-20(19)24/h3-7,12-13H,8-11,14-15H2,1-2H3,(H,26,30). The lowest BCUT2D eigenvalue weighted by atomic mass is 10.1. The molecule has 2 aromatic rings. The molecule has 0 aliphatic carbocycles. The predicted octanol–water partition coefficient (Wildman–Crippen LogP) is 2.34. The summed E-state index contributed by atoms with van der Waals surface area (Å²) in [4.78, 5) is 42.4. The summed E-state index contributed by atoms with van der Waals surface area (Å²) in [6.45, 7) is 1.89. The lowest BCUT2D eigenvalue weighted by molar-refractivity contribution is -0.134. The fourth-order valence-corrected chi connectivity index (χ4v) is 3.71. The van der Waals surface area contributed by atoms with Crippen molar-refractivity contribution >= 4 is 35.0 Å². The average Bonchev–Trinajstić information content (AvgIpc) is 2.79. The van der Waals surface area contributed by atoms with Crippen LogP contribution in [-0.4, -0.2) is 85.8 Å². The van der Waals surface area contributed by atoms with Crippen LogP contribution in [0.25, 0.3) is 0 Å². The highest BCUT2D eigenvalue weighted by Gasteiger charge is 2.25. The van der Waals surface area contributed by atoms with E-state index in [4.69, 9.17) is 16.3 Å². The van der Waals surface area contributed by atoms with E-state index in [2.05, 4.69) is 5.32 Å². The summed E-state index contributed by atoms with van der Waals surface area (Å²) in [5.74, 6) is -0.655. The number of likely N-dealkylation sites (N-methyl/N-ethyl adjacent to an activating group) is 1. The summed E-state index contributed by atoms with van der Waals surface area (Å²) in [7, 11) is 3.12. The maximum Gasteiger partial charge on any atom is 0.255 e. The molecule has 0 saturated carbocycles. The van der Waals surface area contributed by atoms with Crippen LogP contribution in [0.1, 0.15) is 10.4 Å². The molecule has 0 spiro atoms. The number of carbonyl (C=O) groups excluding carboxylic acids is 3. The number of carbonyl (C=O) groups is 3. The molecule has 1 N–H and O–H groups in total. The van der Waals surface area contributed by atoms with Crippen molar-refractivity contribution in [3.8, 4) is 5.75 Å². The van der Waals surface area contributed by atoms with Crippen LogP contribution in [0, 0.1) is 5.82 Å². The zero-order valence-corrected chi connectivity index (χ0v) is 19.3. The van der Waals surface area contributed by atoms with Crippen molar-refractivity contribution in [2.75, 3.05) is 58.7 Å². The molecule has 1 saturated heterocycles. The second-order valence-corrected chi connectivity index (χ2v) is 8.13. The minimum atomic E-state index is -0.499. The Balaban J connectivity index is 1.45. The van der Waals surface area contributed by atoms with E-state index < -0.39 is 5.82 Å². The van der Waals surface area contributed by atoms with Crippen molar-refractivity contribution in [2.24, 2.45) is 0 Å². The Kier molecular flexibility index (Phi) is 8.24. The zero-order valence-electron chi connectivity index (χ0n) is 18.5. The first kappa shape index (κ1) is 24.5. The number of anilines is 1. The first-order valence-corrected chi connectivity index (χ1v) is 10.8. The van der Waals surface area contributed by atoms with Gasteiger partial charge in [0.1, 0.15) is 11.6 Å². The monoisotopic (exact) mass is 476 g/mol. The number of ether oxygens (including phenoxy) is 1. The molecule has 0 atom stereocenters. The number of piperazine rings is 1. The van der Waals surface area contributed by atoms with Gasteiger partial charge in [0.15, 0.2) is 0 Å². The Bertz CT molecular complexity index is 1030. The highest BCUT2D eigenvalue weighted by Crippen LogP contribution is 2.20. The van der Waals surface area contributed by atoms with Crippen LogP contribution in [0.3, 0.4) is 0 Å². The van der Waals surface area contributed by atoms with E-state index in [1.807, 2.05) is 4.90 Å². The van der Waals surface area contributed by atoms with Gasteiger partial charge in [-0.25, -0.2) is 4.39 Å². The molecule has 1 aliphatic rings. The Morgan fingerprint density at radius 2 is 1.85 bits per heavy atom. The summed E-state index contributed by atoms with van der Waals surface area (Å²) in [5, 5.41) is 2.82. The third kappa shape index (κ3) is 6.66. The zero-order chi connectivity index (χ0) is 24.0. The van der Waals surface area contributed by atoms with Gasteiger partial charge in [-0.05, 0) is 30.3 Å². The van der Waals surface area contributed by atoms with Crippen molar-refractivity contribution < 1.29 is 23.5 Å². The van der Waals surface area contributed by atoms with Crippen LogP contribution in [0.4, 0.5) is 10.1 Å². The molecule has 1 heterocycles. The molecule has 8 nitrogen and oxygen atoms in total. The quantitative estimate of drug-likeness (QED) is 0.663. The number of amides is 3. The minimum Gasteiger partial charge on any atom is -0.497 e. The highest BCUT2D eigenvalue weighted by atomic mass is 35.5. The maximum atomic E-state index is 13.2. The lowest BCUT2D eigenvalue weighted by Crippen LogP contribution is -2.51. The molecular formula is C23H26ClFN4O4. The molecule has 0 unspecified atom stereocenters. The first-order chi connectivity index (χ1) is 15.8. The van der Waals surface area contributed by atoms with Crippen LogP contribution in [-0.2, 0) is 9.59 Å². The van der Waals surface area contributed by atoms with E-state index in [9.17, 15) is 18.8 Å². The fraction of sp³-hybridized carbons (Fsp3) is 0.348. The van der Waals surface area contributed by atoms with Crippen molar-refractivity contribution in [1.82, 2.24) is 14.7 Å². The Morgan fingerprint density at radius 3 is 2.52 bits per heavy atom. The van der Waals surface area contributed by atoms with Crippen molar-refractivity contribution in [2.45, 2.75) is 0 Å². The number of rotatable bonds is 7. The molecule has 0 radical (unpaired) electrons. The van der Waals surface area contributed by atoms with Gasteiger partial charge in [-0.1, -0.05) is 17.7 Å². The summed E-state index contributed by atoms with van der Waals surface area (Å²) < 4.78 is 18.4. The molecule has 10 heteroatoms. The molecule has 176 valence electrons. The second-order valence-electron chi connectivity index (χ2n) is 7.72. The van der Waals surface area contributed by atoms with Crippen molar-refractivity contribution in [3.63, 3.8) is 0 Å². The normalized spacial score (nSPS) is 14.0. The van der Waals surface area contributed by atoms with Crippen LogP contribution in [0.5, 0.6) is 5.75 Å². The Morgan fingerprint density at radius 1 is 1.12 bits per heavy atom. The Labute approximate surface area is 196 Å². The molecule has 3 rings (SSSR count). The fourth-order valence-electron chi connectivity index (χ4n) is 3.46. The van der Waals surface area contributed by atoms with Gasteiger partial charge in [0, 0.05) is 45.0 Å². The van der Waals surface area contributed by atoms with Crippen LogP contribution >= 0.6 is 11.6 Å². The SMILES string of the molecule is COc1cccc(NC(=O)CN(C)C(=O)CN2CCN(C(=O)c3ccc(F)cc3Cl)CC2)c1. The van der Waals surface area contributed by atoms with Gasteiger partial charge in [0.25, 0.3) is 5.91 Å². The van der Waals surface area contributed by atoms with E-state index in [1.54, 1.807) is 43.3 Å². The number of hydrogen-bond acceptors (Lipinski definition) is 5. The third-order valence-electron chi connectivity index (χ3n) is 5.34. The molecule has 3 amide bonds. The molecule has 2 aromatic carbocycles. The number of nitrogens with zero attached hydrogens (tertiary/aromatic N) is 3. The van der Waals surface area contributed by atoms with Crippen LogP contribution in [0.15, 0.2) is 42.5 Å². The van der Waals surface area contributed by atoms with Crippen LogP contribution in [0.2, 0.25) is 5.02 Å². The van der Waals surface area contributed by atoms with Gasteiger partial charge >= 0.3 is 0 Å². The summed E-state index contributed by atoms with van der Waals surface area (Å²) in [6, 6.07) is 10.7. The molecule has 1 aliphatic heterocycles. The molecule has 0 aromatic heterocycles. The summed E-state index contributed by atoms with van der Waals surface area (Å²) >= 11 is 6.00. The van der Waals surface area contributed by atoms with E-state index in [1.165, 1.54) is 17.0 Å². The second kappa shape index (κ2) is 11.1. The lowest BCUT2D eigenvalue weighted by Gasteiger charge is -2.35. The number of halogens is 2. The van der Waals surface area contributed by atoms with Gasteiger partial charge in [-0.2, -0.15) is 0 Å². The van der Waals surface area contributed by atoms with Crippen molar-refractivity contribution in [1.29, 1.82) is 0 Å². The van der Waals surface area contributed by atoms with Gasteiger partial charge in [0.2, 0.25) is 11.8 Å².